The van der Waals surface area contributed by atoms with Crippen LogP contribution >= 0.6 is 22.6 Å². The SMILES string of the molecule is CN(C)c1ccc(Cn2nccc2NC(=O)c2cccc(I)c2)cc1. The first-order valence-electron chi connectivity index (χ1n) is 7.88. The minimum atomic E-state index is -0.136. The van der Waals surface area contributed by atoms with Crippen molar-refractivity contribution in [3.8, 4) is 0 Å². The molecule has 0 spiro atoms. The lowest BCUT2D eigenvalue weighted by Crippen LogP contribution is -2.16. The van der Waals surface area contributed by atoms with Gasteiger partial charge in [-0.3, -0.25) is 4.79 Å². The quantitative estimate of drug-likeness (QED) is 0.606. The Balaban J connectivity index is 1.73. The lowest BCUT2D eigenvalue weighted by Gasteiger charge is -2.13. The van der Waals surface area contributed by atoms with Crippen LogP contribution in [0.15, 0.2) is 60.8 Å². The molecular weight excluding hydrogens is 427 g/mol. The van der Waals surface area contributed by atoms with Crippen LogP contribution in [0.4, 0.5) is 11.5 Å². The van der Waals surface area contributed by atoms with Gasteiger partial charge in [-0.15, -0.1) is 0 Å². The van der Waals surface area contributed by atoms with Gasteiger partial charge in [0.1, 0.15) is 5.82 Å². The third kappa shape index (κ3) is 4.39. The average Bonchev–Trinajstić information content (AvgIpc) is 3.02. The van der Waals surface area contributed by atoms with Crippen LogP contribution in [0.2, 0.25) is 0 Å². The molecule has 0 radical (unpaired) electrons. The number of benzene rings is 2. The topological polar surface area (TPSA) is 50.2 Å². The lowest BCUT2D eigenvalue weighted by molar-refractivity contribution is 0.102. The van der Waals surface area contributed by atoms with Crippen molar-refractivity contribution < 1.29 is 4.79 Å². The molecule has 6 heteroatoms. The average molecular weight is 446 g/mol. The molecule has 3 aromatic rings. The number of hydrogen-bond acceptors (Lipinski definition) is 3. The van der Waals surface area contributed by atoms with Gasteiger partial charge in [-0.05, 0) is 58.5 Å². The fourth-order valence-corrected chi connectivity index (χ4v) is 3.00. The highest BCUT2D eigenvalue weighted by molar-refractivity contribution is 14.1. The van der Waals surface area contributed by atoms with Crippen LogP contribution in [0.25, 0.3) is 0 Å². The Morgan fingerprint density at radius 2 is 1.92 bits per heavy atom. The lowest BCUT2D eigenvalue weighted by atomic mass is 10.2. The fraction of sp³-hybridized carbons (Fsp3) is 0.158. The van der Waals surface area contributed by atoms with Crippen molar-refractivity contribution in [2.45, 2.75) is 6.54 Å². The molecule has 3 rings (SSSR count). The summed E-state index contributed by atoms with van der Waals surface area (Å²) in [6, 6.07) is 17.6. The summed E-state index contributed by atoms with van der Waals surface area (Å²) in [6.45, 7) is 0.600. The predicted octanol–water partition coefficient (Wildman–Crippen LogP) is 3.85. The van der Waals surface area contributed by atoms with Crippen LogP contribution in [0, 0.1) is 3.57 Å². The Morgan fingerprint density at radius 1 is 1.16 bits per heavy atom. The second kappa shape index (κ2) is 7.69. The smallest absolute Gasteiger partial charge is 0.256 e. The molecule has 25 heavy (non-hydrogen) atoms. The van der Waals surface area contributed by atoms with E-state index in [2.05, 4.69) is 62.2 Å². The van der Waals surface area contributed by atoms with Gasteiger partial charge in [0.15, 0.2) is 0 Å². The van der Waals surface area contributed by atoms with Crippen molar-refractivity contribution in [1.29, 1.82) is 0 Å². The summed E-state index contributed by atoms with van der Waals surface area (Å²) in [4.78, 5) is 14.5. The predicted molar refractivity (Wildman–Crippen MR) is 109 cm³/mol. The molecule has 128 valence electrons. The first-order chi connectivity index (χ1) is 12.0. The number of carbonyl (C=O) groups excluding carboxylic acids is 1. The number of nitrogens with zero attached hydrogens (tertiary/aromatic N) is 3. The number of halogens is 1. The molecule has 2 aromatic carbocycles. The van der Waals surface area contributed by atoms with Gasteiger partial charge in [0.05, 0.1) is 12.7 Å². The van der Waals surface area contributed by atoms with Crippen LogP contribution in [-0.4, -0.2) is 29.8 Å². The highest BCUT2D eigenvalue weighted by Crippen LogP contribution is 2.16. The van der Waals surface area contributed by atoms with Gasteiger partial charge in [0.2, 0.25) is 0 Å². The summed E-state index contributed by atoms with van der Waals surface area (Å²) >= 11 is 2.20. The summed E-state index contributed by atoms with van der Waals surface area (Å²) in [5, 5.41) is 7.26. The number of aromatic nitrogens is 2. The second-order valence-electron chi connectivity index (χ2n) is 5.90. The molecule has 0 aliphatic rings. The zero-order valence-electron chi connectivity index (χ0n) is 14.1. The minimum absolute atomic E-state index is 0.136. The van der Waals surface area contributed by atoms with E-state index in [4.69, 9.17) is 0 Å². The largest absolute Gasteiger partial charge is 0.378 e. The first kappa shape index (κ1) is 17.5. The van der Waals surface area contributed by atoms with E-state index in [-0.39, 0.29) is 5.91 Å². The van der Waals surface area contributed by atoms with Crippen molar-refractivity contribution in [1.82, 2.24) is 9.78 Å². The number of anilines is 2. The van der Waals surface area contributed by atoms with Crippen LogP contribution in [0.1, 0.15) is 15.9 Å². The van der Waals surface area contributed by atoms with Crippen molar-refractivity contribution in [3.63, 3.8) is 0 Å². The van der Waals surface area contributed by atoms with Gasteiger partial charge in [-0.1, -0.05) is 18.2 Å². The van der Waals surface area contributed by atoms with E-state index < -0.39 is 0 Å². The van der Waals surface area contributed by atoms with E-state index >= 15 is 0 Å². The minimum Gasteiger partial charge on any atom is -0.378 e. The molecule has 0 atom stereocenters. The molecule has 1 amide bonds. The zero-order valence-corrected chi connectivity index (χ0v) is 16.3. The Hall–Kier alpha value is -2.35. The van der Waals surface area contributed by atoms with Crippen molar-refractivity contribution in [2.24, 2.45) is 0 Å². The summed E-state index contributed by atoms with van der Waals surface area (Å²) in [6.07, 6.45) is 1.69. The third-order valence-corrected chi connectivity index (χ3v) is 4.50. The summed E-state index contributed by atoms with van der Waals surface area (Å²) in [7, 11) is 4.03. The highest BCUT2D eigenvalue weighted by Gasteiger charge is 2.10. The molecule has 0 bridgehead atoms. The van der Waals surface area contributed by atoms with E-state index in [0.29, 0.717) is 17.9 Å². The normalized spacial score (nSPS) is 10.5. The maximum atomic E-state index is 12.4. The Bertz CT molecular complexity index is 871. The van der Waals surface area contributed by atoms with E-state index in [0.717, 1.165) is 14.8 Å². The van der Waals surface area contributed by atoms with E-state index in [1.807, 2.05) is 32.3 Å². The van der Waals surface area contributed by atoms with E-state index in [9.17, 15) is 4.79 Å². The maximum absolute atomic E-state index is 12.4. The Morgan fingerprint density at radius 3 is 2.60 bits per heavy atom. The Labute approximate surface area is 160 Å². The summed E-state index contributed by atoms with van der Waals surface area (Å²) < 4.78 is 2.82. The molecule has 1 heterocycles. The molecule has 1 N–H and O–H groups in total. The van der Waals surface area contributed by atoms with Gasteiger partial charge in [-0.25, -0.2) is 4.68 Å². The molecular formula is C19H19IN4O. The third-order valence-electron chi connectivity index (χ3n) is 3.83. The number of hydrogen-bond donors (Lipinski definition) is 1. The van der Waals surface area contributed by atoms with Crippen molar-refractivity contribution in [3.05, 3.63) is 75.5 Å². The summed E-state index contributed by atoms with van der Waals surface area (Å²) in [5.74, 6) is 0.545. The second-order valence-corrected chi connectivity index (χ2v) is 7.15. The fourth-order valence-electron chi connectivity index (χ4n) is 2.46. The highest BCUT2D eigenvalue weighted by atomic mass is 127. The molecule has 0 saturated heterocycles. The van der Waals surface area contributed by atoms with E-state index in [1.54, 1.807) is 23.0 Å². The molecule has 1 aromatic heterocycles. The van der Waals surface area contributed by atoms with Crippen molar-refractivity contribution in [2.75, 3.05) is 24.3 Å². The standard InChI is InChI=1S/C19H19IN4O/c1-23(2)17-8-6-14(7-9-17)13-24-18(10-11-21-24)22-19(25)15-4-3-5-16(20)12-15/h3-12H,13H2,1-2H3,(H,22,25). The maximum Gasteiger partial charge on any atom is 0.256 e. The molecule has 0 saturated carbocycles. The number of nitrogens with one attached hydrogen (secondary N) is 1. The van der Waals surface area contributed by atoms with E-state index in [1.165, 1.54) is 0 Å². The molecule has 0 aliphatic heterocycles. The van der Waals surface area contributed by atoms with Gasteiger partial charge < -0.3 is 10.2 Å². The van der Waals surface area contributed by atoms with Crippen LogP contribution in [0.5, 0.6) is 0 Å². The number of rotatable bonds is 5. The van der Waals surface area contributed by atoms with Gasteiger partial charge >= 0.3 is 0 Å². The zero-order chi connectivity index (χ0) is 17.8. The monoisotopic (exact) mass is 446 g/mol. The van der Waals surface area contributed by atoms with Gasteiger partial charge in [0, 0.05) is 35.0 Å². The number of amides is 1. The van der Waals surface area contributed by atoms with Crippen LogP contribution in [0.3, 0.4) is 0 Å². The van der Waals surface area contributed by atoms with Crippen LogP contribution in [-0.2, 0) is 6.54 Å². The Kier molecular flexibility index (Phi) is 5.37. The molecule has 0 fully saturated rings. The number of carbonyl (C=O) groups is 1. The van der Waals surface area contributed by atoms with Gasteiger partial charge in [0.25, 0.3) is 5.91 Å². The van der Waals surface area contributed by atoms with Crippen LogP contribution < -0.4 is 10.2 Å². The molecule has 5 nitrogen and oxygen atoms in total. The first-order valence-corrected chi connectivity index (χ1v) is 8.96. The van der Waals surface area contributed by atoms with Crippen molar-refractivity contribution >= 4 is 40.0 Å². The molecule has 0 unspecified atom stereocenters. The van der Waals surface area contributed by atoms with Gasteiger partial charge in [-0.2, -0.15) is 5.10 Å². The molecule has 0 aliphatic carbocycles. The summed E-state index contributed by atoms with van der Waals surface area (Å²) in [5.41, 5.74) is 2.91.